The number of halogens is 6. The van der Waals surface area contributed by atoms with Gasteiger partial charge in [-0.05, 0) is 37.3 Å². The van der Waals surface area contributed by atoms with Gasteiger partial charge < -0.3 is 19.7 Å². The number of alkyl halides is 6. The molecule has 10 nitrogen and oxygen atoms in total. The number of para-hydroxylation sites is 1. The van der Waals surface area contributed by atoms with Crippen LogP contribution in [0.4, 0.5) is 32.0 Å². The van der Waals surface area contributed by atoms with Gasteiger partial charge in [-0.2, -0.15) is 31.4 Å². The van der Waals surface area contributed by atoms with Crippen LogP contribution in [0.25, 0.3) is 10.9 Å². The SMILES string of the molecule is CCOC(=O)/C(=N\Nc1cccc2ccc[nH+]c12)c1ccccn1.O=C(O)C(F)(F)F.O=C([O-])C(F)(F)F. The Kier molecular flexibility index (Phi) is 11.6. The summed E-state index contributed by atoms with van der Waals surface area (Å²) in [6.45, 7) is 2.02. The summed E-state index contributed by atoms with van der Waals surface area (Å²) >= 11 is 0. The molecular formula is C22H18F6N4O6. The van der Waals surface area contributed by atoms with Crippen LogP contribution in [-0.4, -0.2) is 52.7 Å². The molecule has 0 radical (unpaired) electrons. The molecule has 0 saturated carbocycles. The number of carboxylic acids is 2. The topological polar surface area (TPSA) is 155 Å². The number of anilines is 1. The summed E-state index contributed by atoms with van der Waals surface area (Å²) in [5.41, 5.74) is 5.17. The summed E-state index contributed by atoms with van der Waals surface area (Å²) in [5, 5.41) is 21.2. The van der Waals surface area contributed by atoms with E-state index in [0.29, 0.717) is 5.69 Å². The van der Waals surface area contributed by atoms with E-state index in [1.54, 1.807) is 31.3 Å². The van der Waals surface area contributed by atoms with Crippen LogP contribution in [0.1, 0.15) is 12.6 Å². The Morgan fingerprint density at radius 1 is 1.03 bits per heavy atom. The lowest BCUT2D eigenvalue weighted by Gasteiger charge is -2.06. The fourth-order valence-electron chi connectivity index (χ4n) is 2.27. The molecule has 0 bridgehead atoms. The second-order valence-electron chi connectivity index (χ2n) is 6.54. The number of aliphatic carboxylic acids is 2. The number of hydrazone groups is 1. The first kappa shape index (κ1) is 31.3. The van der Waals surface area contributed by atoms with Gasteiger partial charge in [-0.1, -0.05) is 12.1 Å². The molecule has 0 aliphatic carbocycles. The van der Waals surface area contributed by atoms with Crippen molar-refractivity contribution in [3.63, 3.8) is 0 Å². The Labute approximate surface area is 209 Å². The highest BCUT2D eigenvalue weighted by Gasteiger charge is 2.38. The van der Waals surface area contributed by atoms with Gasteiger partial charge in [-0.3, -0.25) is 10.4 Å². The maximum Gasteiger partial charge on any atom is 0.490 e. The first-order valence-corrected chi connectivity index (χ1v) is 10.1. The van der Waals surface area contributed by atoms with Crippen molar-refractivity contribution in [2.24, 2.45) is 5.10 Å². The van der Waals surface area contributed by atoms with Crippen molar-refractivity contribution in [1.82, 2.24) is 4.98 Å². The average Bonchev–Trinajstić information content (AvgIpc) is 2.85. The molecule has 3 rings (SSSR count). The van der Waals surface area contributed by atoms with Gasteiger partial charge >= 0.3 is 24.3 Å². The Morgan fingerprint density at radius 2 is 1.63 bits per heavy atom. The smallest absolute Gasteiger partial charge is 0.490 e. The van der Waals surface area contributed by atoms with Crippen LogP contribution in [0.3, 0.4) is 0 Å². The van der Waals surface area contributed by atoms with Crippen molar-refractivity contribution < 1.29 is 60.7 Å². The van der Waals surface area contributed by atoms with Gasteiger partial charge in [-0.25, -0.2) is 14.6 Å². The summed E-state index contributed by atoms with van der Waals surface area (Å²) in [4.78, 5) is 37.2. The zero-order valence-electron chi connectivity index (χ0n) is 19.1. The molecule has 204 valence electrons. The molecule has 0 spiro atoms. The lowest BCUT2D eigenvalue weighted by molar-refractivity contribution is -0.344. The van der Waals surface area contributed by atoms with E-state index in [2.05, 4.69) is 20.5 Å². The van der Waals surface area contributed by atoms with Crippen LogP contribution in [-0.2, 0) is 19.1 Å². The monoisotopic (exact) mass is 548 g/mol. The predicted molar refractivity (Wildman–Crippen MR) is 116 cm³/mol. The highest BCUT2D eigenvalue weighted by Crippen LogP contribution is 2.18. The molecule has 16 heteroatoms. The molecule has 0 fully saturated rings. The summed E-state index contributed by atoms with van der Waals surface area (Å²) < 4.78 is 68.4. The first-order valence-electron chi connectivity index (χ1n) is 10.1. The van der Waals surface area contributed by atoms with Crippen LogP contribution in [0.5, 0.6) is 0 Å². The third kappa shape index (κ3) is 10.5. The number of nitrogens with zero attached hydrogens (tertiary/aromatic N) is 2. The number of aromatic nitrogens is 2. The minimum atomic E-state index is -5.19. The van der Waals surface area contributed by atoms with Gasteiger partial charge in [0.25, 0.3) is 0 Å². The molecule has 0 unspecified atom stereocenters. The lowest BCUT2D eigenvalue weighted by Crippen LogP contribution is -2.37. The summed E-state index contributed by atoms with van der Waals surface area (Å²) in [6, 6.07) is 15.0. The summed E-state index contributed by atoms with van der Waals surface area (Å²) in [7, 11) is 0. The molecule has 1 aromatic carbocycles. The van der Waals surface area contributed by atoms with Gasteiger partial charge in [0, 0.05) is 17.6 Å². The van der Waals surface area contributed by atoms with Crippen molar-refractivity contribution in [3.05, 3.63) is 66.6 Å². The van der Waals surface area contributed by atoms with Crippen LogP contribution >= 0.6 is 0 Å². The molecule has 0 atom stereocenters. The number of nitrogens with one attached hydrogen (secondary N) is 2. The lowest BCUT2D eigenvalue weighted by atomic mass is 10.2. The molecule has 3 N–H and O–H groups in total. The van der Waals surface area contributed by atoms with Crippen molar-refractivity contribution in [2.75, 3.05) is 12.0 Å². The number of fused-ring (bicyclic) bond motifs is 1. The van der Waals surface area contributed by atoms with E-state index in [1.807, 2.05) is 36.5 Å². The number of hydrogen-bond donors (Lipinski definition) is 2. The predicted octanol–water partition coefficient (Wildman–Crippen LogP) is 2.36. The molecule has 2 heterocycles. The Morgan fingerprint density at radius 3 is 2.13 bits per heavy atom. The molecule has 0 amide bonds. The standard InChI is InChI=1S/C18H16N4O2.2C2HF3O2/c1-2-24-18(23)17(14-9-3-4-11-19-14)22-21-15-10-5-7-13-8-6-12-20-16(13)15;2*3-2(4,5)1(6)7/h3-12,21H,2H2,1H3;2*(H,6,7)/b22-17-;;. The maximum absolute atomic E-state index is 12.2. The number of carbonyl (C=O) groups excluding carboxylic acids is 2. The zero-order valence-corrected chi connectivity index (χ0v) is 19.1. The van der Waals surface area contributed by atoms with Gasteiger partial charge in [0.2, 0.25) is 5.52 Å². The maximum atomic E-state index is 12.2. The number of ether oxygens (including phenoxy) is 1. The van der Waals surface area contributed by atoms with Crippen molar-refractivity contribution in [3.8, 4) is 0 Å². The Bertz CT molecular complexity index is 1240. The normalized spacial score (nSPS) is 11.3. The number of hydrogen-bond acceptors (Lipinski definition) is 8. The molecule has 2 aromatic heterocycles. The minimum Gasteiger partial charge on any atom is -0.542 e. The largest absolute Gasteiger partial charge is 0.542 e. The summed E-state index contributed by atoms with van der Waals surface area (Å²) in [5.74, 6) is -6.28. The second kappa shape index (κ2) is 14.1. The molecule has 38 heavy (non-hydrogen) atoms. The quantitative estimate of drug-likeness (QED) is 0.213. The van der Waals surface area contributed by atoms with Crippen molar-refractivity contribution in [2.45, 2.75) is 19.3 Å². The number of aromatic amines is 1. The molecule has 0 saturated heterocycles. The van der Waals surface area contributed by atoms with Gasteiger partial charge in [-0.15, -0.1) is 0 Å². The van der Waals surface area contributed by atoms with E-state index >= 15 is 0 Å². The van der Waals surface area contributed by atoms with E-state index in [4.69, 9.17) is 24.5 Å². The summed E-state index contributed by atoms with van der Waals surface area (Å²) in [6.07, 6.45) is -6.84. The first-order chi connectivity index (χ1) is 17.7. The Hall–Kier alpha value is -4.76. The number of pyridine rings is 2. The van der Waals surface area contributed by atoms with Crippen molar-refractivity contribution >= 4 is 40.2 Å². The van der Waals surface area contributed by atoms with E-state index in [-0.39, 0.29) is 12.3 Å². The highest BCUT2D eigenvalue weighted by molar-refractivity contribution is 6.42. The van der Waals surface area contributed by atoms with Crippen LogP contribution in [0.2, 0.25) is 0 Å². The third-order valence-corrected chi connectivity index (χ3v) is 3.83. The highest BCUT2D eigenvalue weighted by atomic mass is 19.4. The number of H-pyrrole nitrogens is 1. The fourth-order valence-corrected chi connectivity index (χ4v) is 2.27. The molecule has 0 aliphatic heterocycles. The van der Waals surface area contributed by atoms with Crippen LogP contribution in [0, 0.1) is 0 Å². The van der Waals surface area contributed by atoms with Gasteiger partial charge in [0.05, 0.1) is 12.3 Å². The van der Waals surface area contributed by atoms with Crippen molar-refractivity contribution in [1.29, 1.82) is 0 Å². The third-order valence-electron chi connectivity index (χ3n) is 3.83. The number of benzene rings is 1. The van der Waals surface area contributed by atoms with E-state index < -0.39 is 30.3 Å². The molecular weight excluding hydrogens is 530 g/mol. The van der Waals surface area contributed by atoms with E-state index in [0.717, 1.165) is 16.6 Å². The fraction of sp³-hybridized carbons (Fsp3) is 0.182. The molecule has 3 aromatic rings. The van der Waals surface area contributed by atoms with Crippen LogP contribution < -0.4 is 15.5 Å². The van der Waals surface area contributed by atoms with E-state index in [1.165, 1.54) is 0 Å². The van der Waals surface area contributed by atoms with Gasteiger partial charge in [0.15, 0.2) is 11.9 Å². The second-order valence-corrected chi connectivity index (χ2v) is 6.54. The number of esters is 1. The number of carbonyl (C=O) groups is 3. The van der Waals surface area contributed by atoms with Crippen LogP contribution in [0.15, 0.2) is 66.0 Å². The molecule has 0 aliphatic rings. The minimum absolute atomic E-state index is 0.130. The average molecular weight is 548 g/mol. The number of rotatable bonds is 5. The zero-order chi connectivity index (χ0) is 28.9. The van der Waals surface area contributed by atoms with Gasteiger partial charge in [0.1, 0.15) is 11.7 Å². The Balaban J connectivity index is 0.000000426. The number of carboxylic acid groups (broad SMARTS) is 2. The van der Waals surface area contributed by atoms with E-state index in [9.17, 15) is 31.1 Å².